The normalized spacial score (nSPS) is 12.6. The van der Waals surface area contributed by atoms with E-state index >= 15 is 0 Å². The summed E-state index contributed by atoms with van der Waals surface area (Å²) in [7, 11) is 1.41. The lowest BCUT2D eigenvalue weighted by Crippen LogP contribution is -2.37. The largest absolute Gasteiger partial charge is 0.416 e. The van der Waals surface area contributed by atoms with E-state index in [9.17, 15) is 27.9 Å². The van der Waals surface area contributed by atoms with Crippen LogP contribution in [-0.4, -0.2) is 71.0 Å². The summed E-state index contributed by atoms with van der Waals surface area (Å²) < 4.78 is 47.0. The molecular formula is C23H21ClF3N7O4. The summed E-state index contributed by atoms with van der Waals surface area (Å²) in [4.78, 5) is 33.5. The Kier molecular flexibility index (Phi) is 8.04. The zero-order chi connectivity index (χ0) is 27.4. The summed E-state index contributed by atoms with van der Waals surface area (Å²) in [6.07, 6.45) is -4.84. The van der Waals surface area contributed by atoms with Gasteiger partial charge in [0.05, 0.1) is 6.54 Å². The third kappa shape index (κ3) is 6.15. The van der Waals surface area contributed by atoms with Crippen LogP contribution in [0.15, 0.2) is 53.7 Å². The van der Waals surface area contributed by atoms with Crippen LogP contribution in [0.2, 0.25) is 5.02 Å². The van der Waals surface area contributed by atoms with Crippen LogP contribution >= 0.6 is 11.6 Å². The van der Waals surface area contributed by atoms with Crippen molar-refractivity contribution in [1.29, 1.82) is 0 Å². The number of pyridine rings is 1. The minimum Gasteiger partial charge on any atom is -0.382 e. The first-order chi connectivity index (χ1) is 18.1. The lowest BCUT2D eigenvalue weighted by Gasteiger charge is -2.15. The second-order valence-corrected chi connectivity index (χ2v) is 8.62. The molecule has 0 aliphatic carbocycles. The smallest absolute Gasteiger partial charge is 0.382 e. The van der Waals surface area contributed by atoms with Gasteiger partial charge in [0, 0.05) is 35.9 Å². The summed E-state index contributed by atoms with van der Waals surface area (Å²) in [5.41, 5.74) is -0.0196. The van der Waals surface area contributed by atoms with Gasteiger partial charge in [-0.3, -0.25) is 9.36 Å². The third-order valence-corrected chi connectivity index (χ3v) is 5.62. The first-order valence-electron chi connectivity index (χ1n) is 11.1. The number of nitrogens with zero attached hydrogens (tertiary/aromatic N) is 7. The van der Waals surface area contributed by atoms with Crippen molar-refractivity contribution in [1.82, 2.24) is 34.1 Å². The van der Waals surface area contributed by atoms with Crippen LogP contribution in [0.3, 0.4) is 0 Å². The van der Waals surface area contributed by atoms with Crippen LogP contribution in [0.25, 0.3) is 17.2 Å². The van der Waals surface area contributed by atoms with Crippen LogP contribution in [0.1, 0.15) is 11.4 Å². The number of rotatable bonds is 10. The van der Waals surface area contributed by atoms with Gasteiger partial charge in [-0.25, -0.2) is 24.1 Å². The molecule has 1 aromatic carbocycles. The number of alkyl halides is 3. The van der Waals surface area contributed by atoms with Gasteiger partial charge < -0.3 is 9.84 Å². The van der Waals surface area contributed by atoms with Gasteiger partial charge in [0.25, 0.3) is 0 Å². The van der Waals surface area contributed by atoms with Crippen molar-refractivity contribution in [2.24, 2.45) is 0 Å². The molecule has 0 fully saturated rings. The Morgan fingerprint density at radius 3 is 2.58 bits per heavy atom. The van der Waals surface area contributed by atoms with Gasteiger partial charge in [0.2, 0.25) is 0 Å². The van der Waals surface area contributed by atoms with Gasteiger partial charge in [-0.05, 0) is 30.3 Å². The third-order valence-electron chi connectivity index (χ3n) is 5.37. The van der Waals surface area contributed by atoms with Crippen LogP contribution in [-0.2, 0) is 29.0 Å². The van der Waals surface area contributed by atoms with E-state index in [1.807, 2.05) is 0 Å². The molecule has 0 radical (unpaired) electrons. The second kappa shape index (κ2) is 11.2. The molecule has 0 saturated heterocycles. The number of ketones is 1. The minimum absolute atomic E-state index is 0.0437. The molecule has 0 unspecified atom stereocenters. The summed E-state index contributed by atoms with van der Waals surface area (Å²) in [5.74, 6) is 0.173. The van der Waals surface area contributed by atoms with E-state index in [2.05, 4.69) is 20.2 Å². The van der Waals surface area contributed by atoms with E-state index in [1.165, 1.54) is 48.6 Å². The fourth-order valence-corrected chi connectivity index (χ4v) is 3.73. The van der Waals surface area contributed by atoms with E-state index in [1.54, 1.807) is 12.1 Å². The van der Waals surface area contributed by atoms with Crippen molar-refractivity contribution in [3.8, 4) is 17.2 Å². The monoisotopic (exact) mass is 551 g/mol. The molecule has 1 N–H and O–H groups in total. The number of methoxy groups -OCH3 is 1. The fourth-order valence-electron chi connectivity index (χ4n) is 3.60. The minimum atomic E-state index is -4.94. The van der Waals surface area contributed by atoms with Crippen molar-refractivity contribution in [3.05, 3.63) is 75.8 Å². The van der Waals surface area contributed by atoms with Gasteiger partial charge in [-0.2, -0.15) is 13.2 Å². The first-order valence-corrected chi connectivity index (χ1v) is 11.5. The molecule has 0 bridgehead atoms. The maximum absolute atomic E-state index is 13.1. The highest BCUT2D eigenvalue weighted by molar-refractivity contribution is 6.30. The SMILES string of the molecule is COCC(=O)Cc1cccnc1-n1cnc(Cn2nc(-c3ccc(Cl)cc3)n(C[C@H](O)C(F)(F)F)c2=O)n1. The first kappa shape index (κ1) is 27.2. The maximum Gasteiger partial charge on any atom is 0.416 e. The molecule has 3 heterocycles. The molecule has 3 aromatic heterocycles. The molecule has 38 heavy (non-hydrogen) atoms. The van der Waals surface area contributed by atoms with Crippen LogP contribution in [0.4, 0.5) is 13.2 Å². The van der Waals surface area contributed by atoms with Gasteiger partial charge in [0.15, 0.2) is 29.4 Å². The molecule has 0 aliphatic rings. The summed E-state index contributed by atoms with van der Waals surface area (Å²) in [5, 5.41) is 18.5. The Labute approximate surface area is 218 Å². The predicted molar refractivity (Wildman–Crippen MR) is 128 cm³/mol. The predicted octanol–water partition coefficient (Wildman–Crippen LogP) is 2.07. The zero-order valence-electron chi connectivity index (χ0n) is 19.8. The molecule has 4 rings (SSSR count). The number of aromatic nitrogens is 7. The molecule has 15 heteroatoms. The Morgan fingerprint density at radius 1 is 1.16 bits per heavy atom. The van der Waals surface area contributed by atoms with E-state index in [4.69, 9.17) is 16.3 Å². The van der Waals surface area contributed by atoms with Crippen molar-refractivity contribution in [3.63, 3.8) is 0 Å². The second-order valence-electron chi connectivity index (χ2n) is 8.18. The molecule has 0 spiro atoms. The molecule has 0 saturated carbocycles. The summed E-state index contributed by atoms with van der Waals surface area (Å²) in [6.45, 7) is -1.41. The standard InChI is InChI=1S/C23H21ClF3N7O4/c1-38-12-17(35)9-15-3-2-8-28-20(15)34-13-29-19(30-34)11-33-22(37)32(10-18(36)23(25,26)27)21(31-33)14-4-6-16(24)7-5-14/h2-8,13,18,36H,9-12H2,1H3/t18-/m0/s1. The lowest BCUT2D eigenvalue weighted by molar-refractivity contribution is -0.207. The molecule has 4 aromatic rings. The lowest BCUT2D eigenvalue weighted by atomic mass is 10.1. The average Bonchev–Trinajstić information content (AvgIpc) is 3.45. The van der Waals surface area contributed by atoms with Crippen molar-refractivity contribution < 1.29 is 27.8 Å². The number of hydrogen-bond acceptors (Lipinski definition) is 8. The van der Waals surface area contributed by atoms with Gasteiger partial charge in [-0.1, -0.05) is 17.7 Å². The fraction of sp³-hybridized carbons (Fsp3) is 0.304. The topological polar surface area (TPSA) is 130 Å². The van der Waals surface area contributed by atoms with Gasteiger partial charge in [0.1, 0.15) is 19.5 Å². The Hall–Kier alpha value is -3.88. The number of ether oxygens (including phenoxy) is 1. The van der Waals surface area contributed by atoms with Gasteiger partial charge >= 0.3 is 11.9 Å². The average molecular weight is 552 g/mol. The molecule has 11 nitrogen and oxygen atoms in total. The number of carbonyl (C=O) groups is 1. The number of aliphatic hydroxyl groups is 1. The zero-order valence-corrected chi connectivity index (χ0v) is 20.6. The van der Waals surface area contributed by atoms with Crippen molar-refractivity contribution >= 4 is 17.4 Å². The number of hydrogen-bond donors (Lipinski definition) is 1. The Bertz CT molecular complexity index is 1480. The van der Waals surface area contributed by atoms with E-state index in [0.29, 0.717) is 22.0 Å². The number of Topliss-reactive ketones (excluding diaryl/α,β-unsaturated/α-hetero) is 1. The molecule has 1 atom stereocenters. The number of aliphatic hydroxyl groups excluding tert-OH is 1. The summed E-state index contributed by atoms with van der Waals surface area (Å²) >= 11 is 5.90. The van der Waals surface area contributed by atoms with E-state index in [0.717, 1.165) is 9.25 Å². The van der Waals surface area contributed by atoms with Crippen molar-refractivity contribution in [2.75, 3.05) is 13.7 Å². The van der Waals surface area contributed by atoms with Crippen LogP contribution < -0.4 is 5.69 Å². The van der Waals surface area contributed by atoms with Crippen molar-refractivity contribution in [2.45, 2.75) is 31.8 Å². The summed E-state index contributed by atoms with van der Waals surface area (Å²) in [6, 6.07) is 9.34. The molecule has 0 aliphatic heterocycles. The number of carbonyl (C=O) groups excluding carboxylic acids is 1. The van der Waals surface area contributed by atoms with Crippen LogP contribution in [0.5, 0.6) is 0 Å². The molecular weight excluding hydrogens is 531 g/mol. The van der Waals surface area contributed by atoms with Gasteiger partial charge in [-0.15, -0.1) is 10.2 Å². The Morgan fingerprint density at radius 2 is 1.89 bits per heavy atom. The Balaban J connectivity index is 1.66. The number of halogens is 4. The molecule has 0 amide bonds. The molecule has 200 valence electrons. The van der Waals surface area contributed by atoms with E-state index in [-0.39, 0.29) is 37.0 Å². The quantitative estimate of drug-likeness (QED) is 0.317. The van der Waals surface area contributed by atoms with E-state index < -0.39 is 24.5 Å². The highest BCUT2D eigenvalue weighted by Crippen LogP contribution is 2.24. The maximum atomic E-state index is 13.1. The highest BCUT2D eigenvalue weighted by Gasteiger charge is 2.39. The highest BCUT2D eigenvalue weighted by atomic mass is 35.5. The number of benzene rings is 1. The van der Waals surface area contributed by atoms with Crippen LogP contribution in [0, 0.1) is 0 Å².